The first-order chi connectivity index (χ1) is 6.34. The van der Waals surface area contributed by atoms with Crippen LogP contribution < -0.4 is 11.1 Å². The number of rotatable bonds is 4. The molecule has 1 saturated carbocycles. The molecule has 0 aliphatic heterocycles. The fourth-order valence-electron chi connectivity index (χ4n) is 1.89. The van der Waals surface area contributed by atoms with E-state index < -0.39 is 0 Å². The minimum Gasteiger partial charge on any atom is -0.392 e. The molecule has 0 heterocycles. The standard InChI is InChI=1S/C10H20N2O2/c1-6(4-9(11)14)12-7-5-8(13)10(7,2)3/h6-8,12-13H,4-5H2,1-3H3,(H2,11,14). The van der Waals surface area contributed by atoms with Gasteiger partial charge < -0.3 is 16.2 Å². The van der Waals surface area contributed by atoms with Crippen molar-refractivity contribution in [3.63, 3.8) is 0 Å². The molecule has 3 unspecified atom stereocenters. The molecule has 1 amide bonds. The van der Waals surface area contributed by atoms with Gasteiger partial charge in [-0.2, -0.15) is 0 Å². The monoisotopic (exact) mass is 200 g/mol. The summed E-state index contributed by atoms with van der Waals surface area (Å²) in [4.78, 5) is 10.7. The molecule has 4 N–H and O–H groups in total. The predicted octanol–water partition coefficient (Wildman–Crippen LogP) is -0.000700. The van der Waals surface area contributed by atoms with Crippen LogP contribution in [-0.2, 0) is 4.79 Å². The van der Waals surface area contributed by atoms with E-state index in [-0.39, 0.29) is 29.5 Å². The number of nitrogens with one attached hydrogen (secondary N) is 1. The number of carbonyl (C=O) groups is 1. The molecule has 0 spiro atoms. The second-order valence-corrected chi connectivity index (χ2v) is 4.86. The normalized spacial score (nSPS) is 32.0. The smallest absolute Gasteiger partial charge is 0.218 e. The van der Waals surface area contributed by atoms with Crippen LogP contribution in [0.3, 0.4) is 0 Å². The molecular weight excluding hydrogens is 180 g/mol. The van der Waals surface area contributed by atoms with E-state index in [4.69, 9.17) is 5.73 Å². The quantitative estimate of drug-likeness (QED) is 0.598. The highest BCUT2D eigenvalue weighted by Crippen LogP contribution is 2.40. The molecule has 0 bridgehead atoms. The molecule has 4 nitrogen and oxygen atoms in total. The molecule has 0 aromatic heterocycles. The van der Waals surface area contributed by atoms with E-state index in [2.05, 4.69) is 5.32 Å². The summed E-state index contributed by atoms with van der Waals surface area (Å²) >= 11 is 0. The zero-order valence-electron chi connectivity index (χ0n) is 9.08. The van der Waals surface area contributed by atoms with Crippen molar-refractivity contribution in [1.29, 1.82) is 0 Å². The first-order valence-corrected chi connectivity index (χ1v) is 5.06. The third kappa shape index (κ3) is 2.25. The van der Waals surface area contributed by atoms with Crippen LogP contribution in [0, 0.1) is 5.41 Å². The summed E-state index contributed by atoms with van der Waals surface area (Å²) in [6.45, 7) is 5.98. The van der Waals surface area contributed by atoms with Crippen LogP contribution in [0.5, 0.6) is 0 Å². The molecule has 4 heteroatoms. The first kappa shape index (κ1) is 11.5. The number of nitrogens with two attached hydrogens (primary N) is 1. The van der Waals surface area contributed by atoms with E-state index in [1.165, 1.54) is 0 Å². The van der Waals surface area contributed by atoms with Gasteiger partial charge in [0.25, 0.3) is 0 Å². The van der Waals surface area contributed by atoms with Gasteiger partial charge in [0.2, 0.25) is 5.91 Å². The van der Waals surface area contributed by atoms with Crippen LogP contribution in [0.15, 0.2) is 0 Å². The van der Waals surface area contributed by atoms with Crippen molar-refractivity contribution >= 4 is 5.91 Å². The number of carbonyl (C=O) groups excluding carboxylic acids is 1. The van der Waals surface area contributed by atoms with E-state index in [1.807, 2.05) is 20.8 Å². The molecule has 14 heavy (non-hydrogen) atoms. The van der Waals surface area contributed by atoms with Gasteiger partial charge in [-0.25, -0.2) is 0 Å². The van der Waals surface area contributed by atoms with Gasteiger partial charge in [0.05, 0.1) is 6.10 Å². The molecule has 1 fully saturated rings. The van der Waals surface area contributed by atoms with Gasteiger partial charge in [0, 0.05) is 23.9 Å². The highest BCUT2D eigenvalue weighted by atomic mass is 16.3. The summed E-state index contributed by atoms with van der Waals surface area (Å²) in [5.41, 5.74) is 5.00. The van der Waals surface area contributed by atoms with Crippen LogP contribution >= 0.6 is 0 Å². The molecule has 0 saturated heterocycles. The largest absolute Gasteiger partial charge is 0.392 e. The lowest BCUT2D eigenvalue weighted by Gasteiger charge is -2.50. The van der Waals surface area contributed by atoms with Gasteiger partial charge in [-0.3, -0.25) is 4.79 Å². The Morgan fingerprint density at radius 1 is 1.71 bits per heavy atom. The molecule has 1 aliphatic rings. The first-order valence-electron chi connectivity index (χ1n) is 5.06. The Hall–Kier alpha value is -0.610. The van der Waals surface area contributed by atoms with E-state index >= 15 is 0 Å². The third-order valence-electron chi connectivity index (χ3n) is 3.21. The summed E-state index contributed by atoms with van der Waals surface area (Å²) in [5, 5.41) is 12.8. The summed E-state index contributed by atoms with van der Waals surface area (Å²) in [6, 6.07) is 0.371. The Morgan fingerprint density at radius 3 is 2.64 bits per heavy atom. The van der Waals surface area contributed by atoms with Gasteiger partial charge in [-0.15, -0.1) is 0 Å². The van der Waals surface area contributed by atoms with Crippen molar-refractivity contribution in [2.75, 3.05) is 0 Å². The number of aliphatic hydroxyl groups excluding tert-OH is 1. The number of aliphatic hydroxyl groups is 1. The van der Waals surface area contributed by atoms with Crippen LogP contribution in [0.1, 0.15) is 33.6 Å². The molecule has 0 aromatic rings. The van der Waals surface area contributed by atoms with Crippen molar-refractivity contribution in [3.05, 3.63) is 0 Å². The average Bonchev–Trinajstić information content (AvgIpc) is 2.02. The molecule has 82 valence electrons. The van der Waals surface area contributed by atoms with E-state index in [0.29, 0.717) is 6.42 Å². The van der Waals surface area contributed by atoms with Crippen molar-refractivity contribution in [3.8, 4) is 0 Å². The van der Waals surface area contributed by atoms with Gasteiger partial charge in [-0.05, 0) is 13.3 Å². The molecule has 1 rings (SSSR count). The van der Waals surface area contributed by atoms with Crippen LogP contribution in [0.4, 0.5) is 0 Å². The summed E-state index contributed by atoms with van der Waals surface area (Å²) in [7, 11) is 0. The maximum atomic E-state index is 10.7. The van der Waals surface area contributed by atoms with Gasteiger partial charge in [0.1, 0.15) is 0 Å². The number of hydrogen-bond acceptors (Lipinski definition) is 3. The lowest BCUT2D eigenvalue weighted by molar-refractivity contribution is -0.119. The highest BCUT2D eigenvalue weighted by molar-refractivity contribution is 5.74. The maximum Gasteiger partial charge on any atom is 0.218 e. The van der Waals surface area contributed by atoms with E-state index in [0.717, 1.165) is 6.42 Å². The topological polar surface area (TPSA) is 75.4 Å². The van der Waals surface area contributed by atoms with Crippen LogP contribution in [0.2, 0.25) is 0 Å². The molecule has 3 atom stereocenters. The second-order valence-electron chi connectivity index (χ2n) is 4.86. The van der Waals surface area contributed by atoms with Crippen LogP contribution in [0.25, 0.3) is 0 Å². The Kier molecular flexibility index (Phi) is 3.17. The fraction of sp³-hybridized carbons (Fsp3) is 0.900. The predicted molar refractivity (Wildman–Crippen MR) is 54.6 cm³/mol. The Balaban J connectivity index is 2.36. The maximum absolute atomic E-state index is 10.7. The zero-order valence-corrected chi connectivity index (χ0v) is 9.08. The molecule has 0 aromatic carbocycles. The van der Waals surface area contributed by atoms with Gasteiger partial charge in [0.15, 0.2) is 0 Å². The Labute approximate surface area is 84.9 Å². The van der Waals surface area contributed by atoms with Crippen LogP contribution in [-0.4, -0.2) is 29.2 Å². The van der Waals surface area contributed by atoms with Crippen molar-refractivity contribution in [2.24, 2.45) is 11.1 Å². The minimum absolute atomic E-state index is 0.0873. The Morgan fingerprint density at radius 2 is 2.29 bits per heavy atom. The van der Waals surface area contributed by atoms with Crippen molar-refractivity contribution in [1.82, 2.24) is 5.32 Å². The molecular formula is C10H20N2O2. The van der Waals surface area contributed by atoms with Gasteiger partial charge >= 0.3 is 0 Å². The SMILES string of the molecule is CC(CC(N)=O)NC1CC(O)C1(C)C. The van der Waals surface area contributed by atoms with Gasteiger partial charge in [-0.1, -0.05) is 13.8 Å². The average molecular weight is 200 g/mol. The minimum atomic E-state index is -0.289. The van der Waals surface area contributed by atoms with E-state index in [9.17, 15) is 9.90 Å². The summed E-state index contributed by atoms with van der Waals surface area (Å²) < 4.78 is 0. The lowest BCUT2D eigenvalue weighted by Crippen LogP contribution is -2.61. The van der Waals surface area contributed by atoms with Crippen molar-refractivity contribution < 1.29 is 9.90 Å². The lowest BCUT2D eigenvalue weighted by atomic mass is 9.64. The third-order valence-corrected chi connectivity index (χ3v) is 3.21. The second kappa shape index (κ2) is 3.87. The fourth-order valence-corrected chi connectivity index (χ4v) is 1.89. The molecule has 1 aliphatic carbocycles. The Bertz CT molecular complexity index is 228. The molecule has 0 radical (unpaired) electrons. The summed E-state index contributed by atoms with van der Waals surface area (Å²) in [5.74, 6) is -0.289. The number of hydrogen-bond donors (Lipinski definition) is 3. The zero-order chi connectivity index (χ0) is 10.9. The number of primary amides is 1. The summed E-state index contributed by atoms with van der Waals surface area (Å²) in [6.07, 6.45) is 0.875. The number of amides is 1. The highest BCUT2D eigenvalue weighted by Gasteiger charge is 2.47. The van der Waals surface area contributed by atoms with E-state index in [1.54, 1.807) is 0 Å². The van der Waals surface area contributed by atoms with Crippen molar-refractivity contribution in [2.45, 2.75) is 51.8 Å².